The number of ether oxygens (including phenoxy) is 3. The van der Waals surface area contributed by atoms with Crippen molar-refractivity contribution >= 4 is 11.8 Å². The lowest BCUT2D eigenvalue weighted by Gasteiger charge is -2.13. The molecule has 0 saturated heterocycles. The van der Waals surface area contributed by atoms with Gasteiger partial charge in [-0.25, -0.2) is 0 Å². The number of hydrogen-bond donors (Lipinski definition) is 2. The van der Waals surface area contributed by atoms with E-state index >= 15 is 0 Å². The quantitative estimate of drug-likeness (QED) is 0.498. The Morgan fingerprint density at radius 3 is 2.16 bits per heavy atom. The zero-order valence-corrected chi connectivity index (χ0v) is 18.1. The number of benzene rings is 3. The summed E-state index contributed by atoms with van der Waals surface area (Å²) in [5.41, 5.74) is 6.94. The van der Waals surface area contributed by atoms with Crippen LogP contribution in [0.25, 0.3) is 11.1 Å². The van der Waals surface area contributed by atoms with Gasteiger partial charge in [0.05, 0.1) is 13.2 Å². The number of nitrogens with one attached hydrogen (secondary N) is 2. The summed E-state index contributed by atoms with van der Waals surface area (Å²) in [5, 5.41) is 0. The maximum absolute atomic E-state index is 12.4. The van der Waals surface area contributed by atoms with Crippen molar-refractivity contribution in [1.29, 1.82) is 0 Å². The lowest BCUT2D eigenvalue weighted by atomic mass is 10.1. The van der Waals surface area contributed by atoms with E-state index in [1.807, 2.05) is 62.4 Å². The second kappa shape index (κ2) is 11.4. The SMILES string of the molecule is CCOc1ccc(C(=O)NNC(=O)COc2ccccc2-c2ccccc2)cc1OCC. The molecule has 32 heavy (non-hydrogen) atoms. The lowest BCUT2D eigenvalue weighted by Crippen LogP contribution is -2.43. The van der Waals surface area contributed by atoms with Gasteiger partial charge in [-0.05, 0) is 43.7 Å². The van der Waals surface area contributed by atoms with Gasteiger partial charge >= 0.3 is 0 Å². The van der Waals surface area contributed by atoms with Crippen molar-refractivity contribution in [2.24, 2.45) is 0 Å². The van der Waals surface area contributed by atoms with Crippen LogP contribution in [0.5, 0.6) is 17.2 Å². The van der Waals surface area contributed by atoms with Crippen molar-refractivity contribution in [2.45, 2.75) is 13.8 Å². The Bertz CT molecular complexity index is 1050. The minimum atomic E-state index is -0.489. The van der Waals surface area contributed by atoms with Crippen molar-refractivity contribution in [3.05, 3.63) is 78.4 Å². The van der Waals surface area contributed by atoms with E-state index in [0.29, 0.717) is 36.0 Å². The summed E-state index contributed by atoms with van der Waals surface area (Å²) in [6.07, 6.45) is 0. The molecule has 2 N–H and O–H groups in total. The first-order chi connectivity index (χ1) is 15.6. The highest BCUT2D eigenvalue weighted by molar-refractivity contribution is 5.96. The molecule has 0 spiro atoms. The molecular weight excluding hydrogens is 408 g/mol. The van der Waals surface area contributed by atoms with Gasteiger partial charge in [0, 0.05) is 11.1 Å². The minimum Gasteiger partial charge on any atom is -0.490 e. The second-order valence-corrected chi connectivity index (χ2v) is 6.68. The fraction of sp³-hybridized carbons (Fsp3) is 0.200. The fourth-order valence-electron chi connectivity index (χ4n) is 3.02. The van der Waals surface area contributed by atoms with Gasteiger partial charge in [0.25, 0.3) is 11.8 Å². The van der Waals surface area contributed by atoms with Gasteiger partial charge < -0.3 is 14.2 Å². The highest BCUT2D eigenvalue weighted by Crippen LogP contribution is 2.30. The van der Waals surface area contributed by atoms with Crippen LogP contribution in [0.4, 0.5) is 0 Å². The Morgan fingerprint density at radius 1 is 0.719 bits per heavy atom. The third-order valence-corrected chi connectivity index (χ3v) is 4.45. The minimum absolute atomic E-state index is 0.252. The zero-order valence-electron chi connectivity index (χ0n) is 18.1. The monoisotopic (exact) mass is 434 g/mol. The molecule has 2 amide bonds. The molecule has 3 rings (SSSR count). The molecule has 0 aromatic heterocycles. The summed E-state index contributed by atoms with van der Waals surface area (Å²) < 4.78 is 16.7. The Kier molecular flexibility index (Phi) is 8.09. The molecule has 0 atom stereocenters. The third kappa shape index (κ3) is 6.01. The van der Waals surface area contributed by atoms with E-state index in [9.17, 15) is 9.59 Å². The topological polar surface area (TPSA) is 85.9 Å². The summed E-state index contributed by atoms with van der Waals surface area (Å²) in [7, 11) is 0. The van der Waals surface area contributed by atoms with Gasteiger partial charge in [0.1, 0.15) is 5.75 Å². The molecule has 166 valence electrons. The molecule has 7 heteroatoms. The average molecular weight is 434 g/mol. The van der Waals surface area contributed by atoms with Crippen LogP contribution in [-0.4, -0.2) is 31.6 Å². The molecule has 0 heterocycles. The Hall–Kier alpha value is -4.00. The molecule has 3 aromatic carbocycles. The van der Waals surface area contributed by atoms with Gasteiger partial charge in [-0.15, -0.1) is 0 Å². The maximum atomic E-state index is 12.4. The number of hydrogen-bond acceptors (Lipinski definition) is 5. The van der Waals surface area contributed by atoms with Crippen LogP contribution in [-0.2, 0) is 4.79 Å². The van der Waals surface area contributed by atoms with E-state index in [-0.39, 0.29) is 6.61 Å². The van der Waals surface area contributed by atoms with E-state index in [0.717, 1.165) is 11.1 Å². The summed E-state index contributed by atoms with van der Waals surface area (Å²) >= 11 is 0. The van der Waals surface area contributed by atoms with Crippen LogP contribution in [0.3, 0.4) is 0 Å². The van der Waals surface area contributed by atoms with Crippen molar-refractivity contribution in [3.8, 4) is 28.4 Å². The molecule has 0 fully saturated rings. The standard InChI is InChI=1S/C25H26N2O5/c1-3-30-22-15-14-19(16-23(22)31-4-2)25(29)27-26-24(28)17-32-21-13-9-8-12-20(21)18-10-6-5-7-11-18/h5-16H,3-4,17H2,1-2H3,(H,26,28)(H,27,29). The number of para-hydroxylation sites is 1. The highest BCUT2D eigenvalue weighted by Gasteiger charge is 2.13. The van der Waals surface area contributed by atoms with Crippen molar-refractivity contribution in [1.82, 2.24) is 10.9 Å². The maximum Gasteiger partial charge on any atom is 0.276 e. The van der Waals surface area contributed by atoms with Crippen molar-refractivity contribution < 1.29 is 23.8 Å². The fourth-order valence-corrected chi connectivity index (χ4v) is 3.02. The smallest absolute Gasteiger partial charge is 0.276 e. The predicted octanol–water partition coefficient (Wildman–Crippen LogP) is 3.99. The van der Waals surface area contributed by atoms with E-state index in [1.165, 1.54) is 0 Å². The summed E-state index contributed by atoms with van der Waals surface area (Å²) in [6.45, 7) is 4.38. The first-order valence-corrected chi connectivity index (χ1v) is 10.4. The van der Waals surface area contributed by atoms with E-state index in [4.69, 9.17) is 14.2 Å². The predicted molar refractivity (Wildman–Crippen MR) is 122 cm³/mol. The molecule has 3 aromatic rings. The molecule has 0 unspecified atom stereocenters. The molecule has 0 aliphatic carbocycles. The lowest BCUT2D eigenvalue weighted by molar-refractivity contribution is -0.123. The number of carbonyl (C=O) groups excluding carboxylic acids is 2. The molecule has 0 saturated carbocycles. The third-order valence-electron chi connectivity index (χ3n) is 4.45. The van der Waals surface area contributed by atoms with Gasteiger partial charge in [0.15, 0.2) is 18.1 Å². The normalized spacial score (nSPS) is 10.2. The van der Waals surface area contributed by atoms with E-state index in [1.54, 1.807) is 24.3 Å². The Labute approximate surface area is 187 Å². The first kappa shape index (κ1) is 22.7. The summed E-state index contributed by atoms with van der Waals surface area (Å²) in [5.74, 6) is 0.631. The molecule has 0 aliphatic heterocycles. The number of carbonyl (C=O) groups is 2. The Morgan fingerprint density at radius 2 is 1.41 bits per heavy atom. The number of amides is 2. The zero-order chi connectivity index (χ0) is 22.8. The average Bonchev–Trinajstić information content (AvgIpc) is 2.83. The molecule has 7 nitrogen and oxygen atoms in total. The second-order valence-electron chi connectivity index (χ2n) is 6.68. The van der Waals surface area contributed by atoms with Crippen LogP contribution in [0.2, 0.25) is 0 Å². The number of hydrazine groups is 1. The van der Waals surface area contributed by atoms with Gasteiger partial charge in [-0.2, -0.15) is 0 Å². The van der Waals surface area contributed by atoms with Crippen molar-refractivity contribution in [3.63, 3.8) is 0 Å². The number of rotatable bonds is 9. The van der Waals surface area contributed by atoms with E-state index in [2.05, 4.69) is 10.9 Å². The van der Waals surface area contributed by atoms with E-state index < -0.39 is 11.8 Å². The Balaban J connectivity index is 1.57. The van der Waals surface area contributed by atoms with Crippen LogP contribution >= 0.6 is 0 Å². The summed E-state index contributed by atoms with van der Waals surface area (Å²) in [4.78, 5) is 24.6. The molecule has 0 bridgehead atoms. The molecular formula is C25H26N2O5. The largest absolute Gasteiger partial charge is 0.490 e. The van der Waals surface area contributed by atoms with Crippen LogP contribution < -0.4 is 25.1 Å². The van der Waals surface area contributed by atoms with Gasteiger partial charge in [-0.1, -0.05) is 48.5 Å². The summed E-state index contributed by atoms with van der Waals surface area (Å²) in [6, 6.07) is 22.0. The molecule has 0 radical (unpaired) electrons. The molecule has 0 aliphatic rings. The van der Waals surface area contributed by atoms with Gasteiger partial charge in [0.2, 0.25) is 0 Å². The van der Waals surface area contributed by atoms with Gasteiger partial charge in [-0.3, -0.25) is 20.4 Å². The van der Waals surface area contributed by atoms with Crippen molar-refractivity contribution in [2.75, 3.05) is 19.8 Å². The van der Waals surface area contributed by atoms with Crippen LogP contribution in [0.15, 0.2) is 72.8 Å². The van der Waals surface area contributed by atoms with Crippen LogP contribution in [0, 0.1) is 0 Å². The first-order valence-electron chi connectivity index (χ1n) is 10.4. The van der Waals surface area contributed by atoms with Crippen LogP contribution in [0.1, 0.15) is 24.2 Å². The highest BCUT2D eigenvalue weighted by atomic mass is 16.5.